The van der Waals surface area contributed by atoms with Crippen LogP contribution in [0.3, 0.4) is 0 Å². The zero-order chi connectivity index (χ0) is 13.4. The van der Waals surface area contributed by atoms with Crippen molar-refractivity contribution in [3.8, 4) is 5.75 Å². The number of phenols is 1. The molecule has 0 aliphatic rings. The monoisotopic (exact) mass is 270 g/mol. The lowest BCUT2D eigenvalue weighted by Gasteiger charge is -2.07. The second-order valence-corrected chi connectivity index (χ2v) is 3.94. The summed E-state index contributed by atoms with van der Waals surface area (Å²) in [5.74, 6) is -0.321. The first-order chi connectivity index (χ1) is 8.65. The van der Waals surface area contributed by atoms with Crippen molar-refractivity contribution in [3.05, 3.63) is 29.8 Å². The highest BCUT2D eigenvalue weighted by Crippen LogP contribution is 2.14. The Morgan fingerprint density at radius 2 is 1.83 bits per heavy atom. The van der Waals surface area contributed by atoms with Crippen LogP contribution >= 0.6 is 11.6 Å². The fourth-order valence-electron chi connectivity index (χ4n) is 1.31. The number of benzene rings is 1. The Labute approximate surface area is 110 Å². The van der Waals surface area contributed by atoms with E-state index in [2.05, 4.69) is 10.6 Å². The van der Waals surface area contributed by atoms with Gasteiger partial charge in [0.2, 0.25) is 5.91 Å². The highest BCUT2D eigenvalue weighted by Gasteiger charge is 2.09. The number of alkyl halides is 1. The quantitative estimate of drug-likeness (QED) is 0.530. The number of hydrogen-bond acceptors (Lipinski definition) is 3. The third kappa shape index (κ3) is 4.63. The average molecular weight is 271 g/mol. The number of para-hydroxylation sites is 1. The molecule has 0 fully saturated rings. The van der Waals surface area contributed by atoms with E-state index in [0.29, 0.717) is 13.1 Å². The largest absolute Gasteiger partial charge is 0.507 e. The van der Waals surface area contributed by atoms with Gasteiger partial charge < -0.3 is 15.7 Å². The molecule has 5 nitrogen and oxygen atoms in total. The van der Waals surface area contributed by atoms with Gasteiger partial charge in [0.25, 0.3) is 5.91 Å². The lowest BCUT2D eigenvalue weighted by molar-refractivity contribution is -0.120. The van der Waals surface area contributed by atoms with Gasteiger partial charge in [0.15, 0.2) is 0 Å². The molecule has 0 radical (unpaired) electrons. The molecule has 0 heterocycles. The molecular formula is C12H15ClN2O3. The summed E-state index contributed by atoms with van der Waals surface area (Å²) in [6, 6.07) is 6.27. The Morgan fingerprint density at radius 3 is 2.50 bits per heavy atom. The molecule has 6 heteroatoms. The molecule has 3 N–H and O–H groups in total. The van der Waals surface area contributed by atoms with Gasteiger partial charge in [-0.15, -0.1) is 11.6 Å². The summed E-state index contributed by atoms with van der Waals surface area (Å²) < 4.78 is 0. The van der Waals surface area contributed by atoms with Gasteiger partial charge in [-0.3, -0.25) is 9.59 Å². The van der Waals surface area contributed by atoms with Crippen LogP contribution in [0, 0.1) is 0 Å². The number of amides is 2. The maximum Gasteiger partial charge on any atom is 0.255 e. The maximum atomic E-state index is 11.6. The number of rotatable bonds is 6. The van der Waals surface area contributed by atoms with Gasteiger partial charge >= 0.3 is 0 Å². The highest BCUT2D eigenvalue weighted by molar-refractivity contribution is 6.18. The summed E-state index contributed by atoms with van der Waals surface area (Å²) in [4.78, 5) is 22.7. The van der Waals surface area contributed by atoms with E-state index in [1.807, 2.05) is 0 Å². The van der Waals surface area contributed by atoms with E-state index in [0.717, 1.165) is 0 Å². The molecular weight excluding hydrogens is 256 g/mol. The van der Waals surface area contributed by atoms with E-state index >= 15 is 0 Å². The van der Waals surface area contributed by atoms with Crippen molar-refractivity contribution >= 4 is 23.4 Å². The van der Waals surface area contributed by atoms with Crippen LogP contribution in [0.2, 0.25) is 0 Å². The third-order valence-corrected chi connectivity index (χ3v) is 2.39. The van der Waals surface area contributed by atoms with E-state index in [9.17, 15) is 14.7 Å². The lowest BCUT2D eigenvalue weighted by Crippen LogP contribution is -2.34. The normalized spacial score (nSPS) is 9.83. The van der Waals surface area contributed by atoms with E-state index < -0.39 is 0 Å². The standard InChI is InChI=1S/C12H15ClN2O3/c13-6-5-11(17)14-7-8-15-12(18)9-3-1-2-4-10(9)16/h1-4,16H,5-8H2,(H,14,17)(H,15,18). The fraction of sp³-hybridized carbons (Fsp3) is 0.333. The molecule has 0 spiro atoms. The molecule has 0 aliphatic heterocycles. The van der Waals surface area contributed by atoms with Gasteiger partial charge in [0.05, 0.1) is 5.56 Å². The topological polar surface area (TPSA) is 78.4 Å². The molecule has 1 aromatic rings. The number of nitrogens with one attached hydrogen (secondary N) is 2. The van der Waals surface area contributed by atoms with Crippen molar-refractivity contribution in [2.24, 2.45) is 0 Å². The minimum Gasteiger partial charge on any atom is -0.507 e. The second kappa shape index (κ2) is 7.55. The summed E-state index contributed by atoms with van der Waals surface area (Å²) in [6.45, 7) is 0.621. The molecule has 1 aromatic carbocycles. The minimum absolute atomic E-state index is 0.0684. The van der Waals surface area contributed by atoms with Crippen LogP contribution < -0.4 is 10.6 Å². The van der Waals surface area contributed by atoms with E-state index in [1.165, 1.54) is 12.1 Å². The number of aromatic hydroxyl groups is 1. The molecule has 0 unspecified atom stereocenters. The van der Waals surface area contributed by atoms with E-state index in [-0.39, 0.29) is 35.4 Å². The smallest absolute Gasteiger partial charge is 0.255 e. The van der Waals surface area contributed by atoms with Crippen LogP contribution in [0.1, 0.15) is 16.8 Å². The number of carbonyl (C=O) groups excluding carboxylic acids is 2. The van der Waals surface area contributed by atoms with Crippen LogP contribution in [0.15, 0.2) is 24.3 Å². The van der Waals surface area contributed by atoms with Gasteiger partial charge in [-0.25, -0.2) is 0 Å². The fourth-order valence-corrected chi connectivity index (χ4v) is 1.48. The molecule has 0 saturated carbocycles. The summed E-state index contributed by atoms with van der Waals surface area (Å²) in [5, 5.41) is 14.6. The SMILES string of the molecule is O=C(CCCl)NCCNC(=O)c1ccccc1O. The second-order valence-electron chi connectivity index (χ2n) is 3.56. The molecule has 1 rings (SSSR count). The number of carbonyl (C=O) groups is 2. The Bertz CT molecular complexity index is 424. The van der Waals surface area contributed by atoms with Crippen LogP contribution in [-0.4, -0.2) is 35.9 Å². The van der Waals surface area contributed by atoms with Crippen molar-refractivity contribution < 1.29 is 14.7 Å². The highest BCUT2D eigenvalue weighted by atomic mass is 35.5. The van der Waals surface area contributed by atoms with Gasteiger partial charge in [-0.05, 0) is 12.1 Å². The van der Waals surface area contributed by atoms with Crippen LogP contribution in [0.4, 0.5) is 0 Å². The third-order valence-electron chi connectivity index (χ3n) is 2.20. The Balaban J connectivity index is 2.30. The van der Waals surface area contributed by atoms with Crippen LogP contribution in [0.5, 0.6) is 5.75 Å². The molecule has 2 amide bonds. The zero-order valence-electron chi connectivity index (χ0n) is 9.78. The Hall–Kier alpha value is -1.75. The first-order valence-corrected chi connectivity index (χ1v) is 6.07. The molecule has 0 aliphatic carbocycles. The van der Waals surface area contributed by atoms with Crippen LogP contribution in [-0.2, 0) is 4.79 Å². The van der Waals surface area contributed by atoms with Gasteiger partial charge in [0, 0.05) is 25.4 Å². The first kappa shape index (κ1) is 14.3. The summed E-state index contributed by atoms with van der Waals surface area (Å²) in [7, 11) is 0. The predicted molar refractivity (Wildman–Crippen MR) is 68.8 cm³/mol. The van der Waals surface area contributed by atoms with Crippen molar-refractivity contribution in [2.45, 2.75) is 6.42 Å². The van der Waals surface area contributed by atoms with Gasteiger partial charge in [-0.2, -0.15) is 0 Å². The predicted octanol–water partition coefficient (Wildman–Crippen LogP) is 0.867. The van der Waals surface area contributed by atoms with E-state index in [4.69, 9.17) is 11.6 Å². The lowest BCUT2D eigenvalue weighted by atomic mass is 10.2. The number of hydrogen-bond donors (Lipinski definition) is 3. The maximum absolute atomic E-state index is 11.6. The van der Waals surface area contributed by atoms with Crippen molar-refractivity contribution in [1.82, 2.24) is 10.6 Å². The minimum atomic E-state index is -0.375. The Morgan fingerprint density at radius 1 is 1.17 bits per heavy atom. The van der Waals surface area contributed by atoms with Crippen LogP contribution in [0.25, 0.3) is 0 Å². The summed E-state index contributed by atoms with van der Waals surface area (Å²) in [5.41, 5.74) is 0.213. The average Bonchev–Trinajstić information content (AvgIpc) is 2.35. The van der Waals surface area contributed by atoms with Gasteiger partial charge in [0.1, 0.15) is 5.75 Å². The molecule has 0 aromatic heterocycles. The summed E-state index contributed by atoms with van der Waals surface area (Å²) >= 11 is 5.40. The number of halogens is 1. The number of phenolic OH excluding ortho intramolecular Hbond substituents is 1. The molecule has 0 saturated heterocycles. The summed E-state index contributed by atoms with van der Waals surface area (Å²) in [6.07, 6.45) is 0.259. The zero-order valence-corrected chi connectivity index (χ0v) is 10.5. The molecule has 0 atom stereocenters. The van der Waals surface area contributed by atoms with Crippen molar-refractivity contribution in [1.29, 1.82) is 0 Å². The molecule has 18 heavy (non-hydrogen) atoms. The van der Waals surface area contributed by atoms with Gasteiger partial charge in [-0.1, -0.05) is 12.1 Å². The first-order valence-electron chi connectivity index (χ1n) is 5.54. The van der Waals surface area contributed by atoms with Crippen molar-refractivity contribution in [3.63, 3.8) is 0 Å². The molecule has 98 valence electrons. The van der Waals surface area contributed by atoms with E-state index in [1.54, 1.807) is 12.1 Å². The molecule has 0 bridgehead atoms. The Kier molecular flexibility index (Phi) is 6.00. The van der Waals surface area contributed by atoms with Crippen molar-refractivity contribution in [2.75, 3.05) is 19.0 Å².